The van der Waals surface area contributed by atoms with Crippen LogP contribution in [0, 0.1) is 0 Å². The van der Waals surface area contributed by atoms with Crippen molar-refractivity contribution in [2.45, 2.75) is 12.5 Å². The molecule has 30 heavy (non-hydrogen) atoms. The van der Waals surface area contributed by atoms with Crippen LogP contribution in [0.15, 0.2) is 66.4 Å². The SMILES string of the molecule is NC(=O)C(=O)C(Cc1csc2ccccc12)NC(=O)c1nccn1-c1ccccn1. The summed E-state index contributed by atoms with van der Waals surface area (Å²) >= 11 is 1.53. The molecule has 2 amide bonds. The Labute approximate surface area is 175 Å². The van der Waals surface area contributed by atoms with Crippen LogP contribution in [0.25, 0.3) is 15.9 Å². The Hall–Kier alpha value is -3.85. The monoisotopic (exact) mass is 419 g/mol. The van der Waals surface area contributed by atoms with Gasteiger partial charge in [-0.2, -0.15) is 0 Å². The van der Waals surface area contributed by atoms with Crippen LogP contribution in [0.5, 0.6) is 0 Å². The fraction of sp³-hybridized carbons (Fsp3) is 0.0952. The molecule has 0 fully saturated rings. The lowest BCUT2D eigenvalue weighted by Crippen LogP contribution is -2.47. The summed E-state index contributed by atoms with van der Waals surface area (Å²) in [4.78, 5) is 45.2. The van der Waals surface area contributed by atoms with Crippen molar-refractivity contribution >= 4 is 39.0 Å². The summed E-state index contributed by atoms with van der Waals surface area (Å²) in [5.74, 6) is -2.03. The number of rotatable bonds is 7. The molecule has 3 aromatic heterocycles. The van der Waals surface area contributed by atoms with E-state index in [1.165, 1.54) is 22.1 Å². The molecule has 0 spiro atoms. The highest BCUT2D eigenvalue weighted by Crippen LogP contribution is 2.26. The van der Waals surface area contributed by atoms with E-state index in [4.69, 9.17) is 5.73 Å². The van der Waals surface area contributed by atoms with Crippen LogP contribution < -0.4 is 11.1 Å². The lowest BCUT2D eigenvalue weighted by Gasteiger charge is -2.16. The smallest absolute Gasteiger partial charge is 0.288 e. The summed E-state index contributed by atoms with van der Waals surface area (Å²) in [6.45, 7) is 0. The molecule has 150 valence electrons. The Balaban J connectivity index is 1.62. The number of thiophene rings is 1. The van der Waals surface area contributed by atoms with E-state index in [0.717, 1.165) is 15.6 Å². The molecular formula is C21H17N5O3S. The Bertz CT molecular complexity index is 1230. The van der Waals surface area contributed by atoms with Crippen molar-refractivity contribution in [1.29, 1.82) is 0 Å². The molecule has 1 aromatic carbocycles. The number of amides is 2. The molecule has 4 rings (SSSR count). The number of imidazole rings is 1. The van der Waals surface area contributed by atoms with Crippen molar-refractivity contribution in [3.8, 4) is 5.82 Å². The number of Topliss-reactive ketones (excluding diaryl/α,β-unsaturated/α-hetero) is 1. The minimum absolute atomic E-state index is 0.0474. The predicted octanol–water partition coefficient (Wildman–Crippen LogP) is 1.88. The van der Waals surface area contributed by atoms with E-state index in [2.05, 4.69) is 15.3 Å². The zero-order valence-corrected chi connectivity index (χ0v) is 16.5. The third-order valence-electron chi connectivity index (χ3n) is 4.59. The van der Waals surface area contributed by atoms with Crippen LogP contribution >= 0.6 is 11.3 Å². The van der Waals surface area contributed by atoms with Crippen molar-refractivity contribution in [2.24, 2.45) is 5.73 Å². The molecule has 8 nitrogen and oxygen atoms in total. The zero-order valence-electron chi connectivity index (χ0n) is 15.7. The molecule has 0 aliphatic heterocycles. The highest BCUT2D eigenvalue weighted by molar-refractivity contribution is 7.17. The summed E-state index contributed by atoms with van der Waals surface area (Å²) in [5.41, 5.74) is 6.08. The summed E-state index contributed by atoms with van der Waals surface area (Å²) in [5, 5.41) is 5.49. The molecule has 0 bridgehead atoms. The lowest BCUT2D eigenvalue weighted by molar-refractivity contribution is -0.137. The van der Waals surface area contributed by atoms with E-state index >= 15 is 0 Å². The molecule has 1 atom stereocenters. The van der Waals surface area contributed by atoms with Crippen molar-refractivity contribution in [3.63, 3.8) is 0 Å². The summed E-state index contributed by atoms with van der Waals surface area (Å²) in [6, 6.07) is 11.9. The first kappa shape index (κ1) is 19.5. The van der Waals surface area contributed by atoms with Crippen LogP contribution in [-0.2, 0) is 16.0 Å². The number of benzene rings is 1. The molecular weight excluding hydrogens is 402 g/mol. The average molecular weight is 419 g/mol. The number of primary amides is 1. The molecule has 3 N–H and O–H groups in total. The van der Waals surface area contributed by atoms with Crippen LogP contribution in [0.2, 0.25) is 0 Å². The number of nitrogens with two attached hydrogens (primary N) is 1. The fourth-order valence-electron chi connectivity index (χ4n) is 3.17. The number of pyridine rings is 1. The maximum Gasteiger partial charge on any atom is 0.288 e. The van der Waals surface area contributed by atoms with Gasteiger partial charge in [-0.3, -0.25) is 19.0 Å². The van der Waals surface area contributed by atoms with Gasteiger partial charge in [0.05, 0.1) is 0 Å². The Morgan fingerprint density at radius 3 is 2.63 bits per heavy atom. The number of ketones is 1. The van der Waals surface area contributed by atoms with Crippen molar-refractivity contribution in [1.82, 2.24) is 19.9 Å². The standard InChI is InChI=1S/C21H17N5O3S/c22-19(28)18(27)15(11-13-12-30-16-6-2-1-5-14(13)16)25-21(29)20-24-9-10-26(20)17-7-3-4-8-23-17/h1-10,12,15H,11H2,(H2,22,28)(H,25,29). The Morgan fingerprint density at radius 1 is 1.07 bits per heavy atom. The molecule has 0 saturated heterocycles. The van der Waals surface area contributed by atoms with Crippen molar-refractivity contribution in [2.75, 3.05) is 0 Å². The number of nitrogens with one attached hydrogen (secondary N) is 1. The van der Waals surface area contributed by atoms with E-state index in [-0.39, 0.29) is 12.2 Å². The van der Waals surface area contributed by atoms with E-state index in [9.17, 15) is 14.4 Å². The number of nitrogens with zero attached hydrogens (tertiary/aromatic N) is 3. The van der Waals surface area contributed by atoms with Gasteiger partial charge in [0.2, 0.25) is 11.6 Å². The van der Waals surface area contributed by atoms with Gasteiger partial charge in [0.1, 0.15) is 11.9 Å². The van der Waals surface area contributed by atoms with Gasteiger partial charge in [-0.05, 0) is 34.5 Å². The van der Waals surface area contributed by atoms with Crippen LogP contribution in [0.4, 0.5) is 0 Å². The largest absolute Gasteiger partial charge is 0.363 e. The molecule has 0 radical (unpaired) electrons. The Morgan fingerprint density at radius 2 is 1.87 bits per heavy atom. The third kappa shape index (κ3) is 3.83. The molecule has 0 aliphatic rings. The quantitative estimate of drug-likeness (QED) is 0.443. The van der Waals surface area contributed by atoms with Gasteiger partial charge >= 0.3 is 0 Å². The highest BCUT2D eigenvalue weighted by Gasteiger charge is 2.28. The summed E-state index contributed by atoms with van der Waals surface area (Å²) in [7, 11) is 0. The van der Waals surface area contributed by atoms with Gasteiger partial charge in [0.15, 0.2) is 0 Å². The number of aromatic nitrogens is 3. The van der Waals surface area contributed by atoms with Gasteiger partial charge in [0, 0.05) is 29.7 Å². The zero-order chi connectivity index (χ0) is 21.1. The second-order valence-electron chi connectivity index (χ2n) is 6.52. The van der Waals surface area contributed by atoms with Crippen molar-refractivity contribution in [3.05, 3.63) is 77.8 Å². The van der Waals surface area contributed by atoms with E-state index in [0.29, 0.717) is 5.82 Å². The number of hydrogen-bond donors (Lipinski definition) is 2. The van der Waals surface area contributed by atoms with Crippen molar-refractivity contribution < 1.29 is 14.4 Å². The van der Waals surface area contributed by atoms with E-state index in [1.807, 2.05) is 29.6 Å². The summed E-state index contributed by atoms with van der Waals surface area (Å²) < 4.78 is 2.55. The fourth-order valence-corrected chi connectivity index (χ4v) is 4.14. The maximum absolute atomic E-state index is 12.9. The molecule has 9 heteroatoms. The number of hydrogen-bond acceptors (Lipinski definition) is 6. The van der Waals surface area contributed by atoms with Crippen LogP contribution in [0.1, 0.15) is 16.2 Å². The van der Waals surface area contributed by atoms with Gasteiger partial charge in [0.25, 0.3) is 11.8 Å². The minimum Gasteiger partial charge on any atom is -0.363 e. The summed E-state index contributed by atoms with van der Waals surface area (Å²) in [6.07, 6.45) is 4.79. The number of fused-ring (bicyclic) bond motifs is 1. The number of carbonyl (C=O) groups excluding carboxylic acids is 3. The second-order valence-corrected chi connectivity index (χ2v) is 7.44. The predicted molar refractivity (Wildman–Crippen MR) is 112 cm³/mol. The second kappa shape index (κ2) is 8.26. The molecule has 1 unspecified atom stereocenters. The lowest BCUT2D eigenvalue weighted by atomic mass is 10.0. The topological polar surface area (TPSA) is 120 Å². The van der Waals surface area contributed by atoms with E-state index in [1.54, 1.807) is 30.6 Å². The molecule has 4 aromatic rings. The van der Waals surface area contributed by atoms with Gasteiger partial charge in [-0.25, -0.2) is 9.97 Å². The molecule has 0 saturated carbocycles. The van der Waals surface area contributed by atoms with E-state index < -0.39 is 23.6 Å². The Kier molecular flexibility index (Phi) is 5.36. The molecule has 0 aliphatic carbocycles. The van der Waals surface area contributed by atoms with Crippen LogP contribution in [-0.4, -0.2) is 38.2 Å². The first-order valence-electron chi connectivity index (χ1n) is 9.09. The first-order chi connectivity index (χ1) is 14.5. The van der Waals surface area contributed by atoms with Gasteiger partial charge in [-0.1, -0.05) is 24.3 Å². The molecule has 3 heterocycles. The van der Waals surface area contributed by atoms with Gasteiger partial charge in [-0.15, -0.1) is 11.3 Å². The number of carbonyl (C=O) groups is 3. The van der Waals surface area contributed by atoms with Crippen LogP contribution in [0.3, 0.4) is 0 Å². The highest BCUT2D eigenvalue weighted by atomic mass is 32.1. The minimum atomic E-state index is -1.11. The average Bonchev–Trinajstić information content (AvgIpc) is 3.41. The normalized spacial score (nSPS) is 11.9. The maximum atomic E-state index is 12.9. The third-order valence-corrected chi connectivity index (χ3v) is 5.60. The first-order valence-corrected chi connectivity index (χ1v) is 9.97. The van der Waals surface area contributed by atoms with Gasteiger partial charge < -0.3 is 11.1 Å².